The largest absolute Gasteiger partial charge is 0.377 e. The van der Waals surface area contributed by atoms with Crippen LogP contribution in [0, 0.1) is 0 Å². The van der Waals surface area contributed by atoms with Crippen LogP contribution in [0.25, 0.3) is 0 Å². The van der Waals surface area contributed by atoms with Crippen molar-refractivity contribution in [3.8, 4) is 0 Å². The number of carbonyl (C=O) groups excluding carboxylic acids is 2. The fraction of sp³-hybridized carbons (Fsp3) is 0.467. The number of morpholine rings is 1. The minimum absolute atomic E-state index is 0.0339. The normalized spacial score (nSPS) is 22.4. The second-order valence-electron chi connectivity index (χ2n) is 5.28. The lowest BCUT2D eigenvalue weighted by Gasteiger charge is -2.36. The number of carbonyl (C=O) groups is 2. The molecule has 1 aromatic carbocycles. The quantitative estimate of drug-likeness (QED) is 0.832. The molecule has 5 heteroatoms. The Morgan fingerprint density at radius 3 is 2.70 bits per heavy atom. The molecule has 0 spiro atoms. The number of benzene rings is 1. The third-order valence-electron chi connectivity index (χ3n) is 3.72. The van der Waals surface area contributed by atoms with Gasteiger partial charge in [-0.15, -0.1) is 0 Å². The number of nitrogens with one attached hydrogen (secondary N) is 1. The summed E-state index contributed by atoms with van der Waals surface area (Å²) in [5.74, 6) is 0.0339. The number of hydrogen-bond acceptors (Lipinski definition) is 4. The van der Waals surface area contributed by atoms with Crippen LogP contribution in [0.3, 0.4) is 0 Å². The number of hydrogen-bond donors (Lipinski definition) is 1. The number of amides is 1. The second kappa shape index (κ2) is 5.63. The summed E-state index contributed by atoms with van der Waals surface area (Å²) >= 11 is 0. The predicted molar refractivity (Wildman–Crippen MR) is 74.9 cm³/mol. The number of ether oxygens (including phenoxy) is 1. The Balaban J connectivity index is 1.75. The first-order chi connectivity index (χ1) is 9.78. The first kappa shape index (κ1) is 13.1. The summed E-state index contributed by atoms with van der Waals surface area (Å²) in [6.07, 6.45) is 2.97. The summed E-state index contributed by atoms with van der Waals surface area (Å²) in [4.78, 5) is 25.0. The van der Waals surface area contributed by atoms with Crippen LogP contribution < -0.4 is 10.2 Å². The molecule has 1 N–H and O–H groups in total. The summed E-state index contributed by atoms with van der Waals surface area (Å²) in [5, 5.41) is 3.03. The van der Waals surface area contributed by atoms with Crippen molar-refractivity contribution in [3.05, 3.63) is 29.8 Å². The Hall–Kier alpha value is -1.88. The lowest BCUT2D eigenvalue weighted by atomic mass is 10.1. The van der Waals surface area contributed by atoms with Crippen LogP contribution in [0.1, 0.15) is 23.2 Å². The van der Waals surface area contributed by atoms with Gasteiger partial charge in [0, 0.05) is 23.8 Å². The van der Waals surface area contributed by atoms with Crippen molar-refractivity contribution < 1.29 is 14.3 Å². The first-order valence-electron chi connectivity index (χ1n) is 6.98. The van der Waals surface area contributed by atoms with Gasteiger partial charge >= 0.3 is 0 Å². The predicted octanol–water partition coefficient (Wildman–Crippen LogP) is 0.983. The van der Waals surface area contributed by atoms with Gasteiger partial charge in [-0.2, -0.15) is 0 Å². The summed E-state index contributed by atoms with van der Waals surface area (Å²) in [6, 6.07) is 7.37. The maximum atomic E-state index is 12.3. The van der Waals surface area contributed by atoms with E-state index in [1.807, 2.05) is 12.1 Å². The van der Waals surface area contributed by atoms with Crippen molar-refractivity contribution in [1.82, 2.24) is 5.32 Å². The van der Waals surface area contributed by atoms with Gasteiger partial charge in [0.05, 0.1) is 13.2 Å². The summed E-state index contributed by atoms with van der Waals surface area (Å²) < 4.78 is 5.44. The van der Waals surface area contributed by atoms with Gasteiger partial charge in [-0.25, -0.2) is 0 Å². The van der Waals surface area contributed by atoms with Gasteiger partial charge < -0.3 is 15.0 Å². The number of rotatable bonds is 4. The summed E-state index contributed by atoms with van der Waals surface area (Å²) in [6.45, 7) is 1.71. The first-order valence-corrected chi connectivity index (χ1v) is 6.98. The molecule has 1 amide bonds. The zero-order valence-corrected chi connectivity index (χ0v) is 11.2. The van der Waals surface area contributed by atoms with Crippen LogP contribution in [0.2, 0.25) is 0 Å². The van der Waals surface area contributed by atoms with Crippen LogP contribution in [0.5, 0.6) is 0 Å². The monoisotopic (exact) mass is 274 g/mol. The number of aldehydes is 1. The van der Waals surface area contributed by atoms with Crippen molar-refractivity contribution in [2.24, 2.45) is 0 Å². The van der Waals surface area contributed by atoms with Crippen LogP contribution in [-0.2, 0) is 9.53 Å². The zero-order chi connectivity index (χ0) is 13.9. The highest BCUT2D eigenvalue weighted by Crippen LogP contribution is 2.23. The van der Waals surface area contributed by atoms with E-state index in [4.69, 9.17) is 4.74 Å². The average molecular weight is 274 g/mol. The molecule has 5 nitrogen and oxygen atoms in total. The highest BCUT2D eigenvalue weighted by molar-refractivity contribution is 5.86. The van der Waals surface area contributed by atoms with E-state index in [0.29, 0.717) is 31.4 Å². The van der Waals surface area contributed by atoms with E-state index in [9.17, 15) is 9.59 Å². The van der Waals surface area contributed by atoms with E-state index < -0.39 is 0 Å². The zero-order valence-electron chi connectivity index (χ0n) is 11.2. The molecular weight excluding hydrogens is 256 g/mol. The Morgan fingerprint density at radius 2 is 2.05 bits per heavy atom. The van der Waals surface area contributed by atoms with Crippen molar-refractivity contribution in [2.45, 2.75) is 24.9 Å². The molecule has 1 atom stereocenters. The third-order valence-corrected chi connectivity index (χ3v) is 3.72. The van der Waals surface area contributed by atoms with Crippen molar-refractivity contribution in [3.63, 3.8) is 0 Å². The molecule has 1 saturated carbocycles. The standard InChI is InChI=1S/C15H18N2O3/c18-9-11-1-5-13(6-2-11)17-7-8-20-10-14(17)15(19)16-12-3-4-12/h1-2,5-6,9,12,14H,3-4,7-8,10H2,(H,16,19). The smallest absolute Gasteiger partial charge is 0.245 e. The average Bonchev–Trinajstić information content (AvgIpc) is 3.31. The maximum absolute atomic E-state index is 12.3. The summed E-state index contributed by atoms with van der Waals surface area (Å²) in [5.41, 5.74) is 1.59. The molecular formula is C15H18N2O3. The number of nitrogens with zero attached hydrogens (tertiary/aromatic N) is 1. The Bertz CT molecular complexity index is 496. The van der Waals surface area contributed by atoms with E-state index in [1.165, 1.54) is 0 Å². The number of anilines is 1. The van der Waals surface area contributed by atoms with Gasteiger partial charge in [0.2, 0.25) is 5.91 Å². The fourth-order valence-corrected chi connectivity index (χ4v) is 2.40. The molecule has 20 heavy (non-hydrogen) atoms. The Morgan fingerprint density at radius 1 is 1.30 bits per heavy atom. The molecule has 2 fully saturated rings. The van der Waals surface area contributed by atoms with E-state index in [0.717, 1.165) is 24.8 Å². The third kappa shape index (κ3) is 2.82. The minimum Gasteiger partial charge on any atom is -0.377 e. The van der Waals surface area contributed by atoms with Crippen LogP contribution in [-0.4, -0.2) is 44.0 Å². The molecule has 3 rings (SSSR count). The van der Waals surface area contributed by atoms with E-state index in [1.54, 1.807) is 12.1 Å². The molecule has 2 aliphatic rings. The van der Waals surface area contributed by atoms with Crippen molar-refractivity contribution >= 4 is 17.9 Å². The minimum atomic E-state index is -0.286. The van der Waals surface area contributed by atoms with Gasteiger partial charge in [-0.05, 0) is 37.1 Å². The molecule has 1 aliphatic heterocycles. The fourth-order valence-electron chi connectivity index (χ4n) is 2.40. The van der Waals surface area contributed by atoms with Crippen molar-refractivity contribution in [1.29, 1.82) is 0 Å². The van der Waals surface area contributed by atoms with E-state index in [2.05, 4.69) is 10.2 Å². The van der Waals surface area contributed by atoms with Crippen LogP contribution in [0.4, 0.5) is 5.69 Å². The highest BCUT2D eigenvalue weighted by atomic mass is 16.5. The lowest BCUT2D eigenvalue weighted by molar-refractivity contribution is -0.124. The molecule has 1 saturated heterocycles. The van der Waals surface area contributed by atoms with Crippen molar-refractivity contribution in [2.75, 3.05) is 24.7 Å². The van der Waals surface area contributed by atoms with E-state index >= 15 is 0 Å². The SMILES string of the molecule is O=Cc1ccc(N2CCOCC2C(=O)NC2CC2)cc1. The maximum Gasteiger partial charge on any atom is 0.245 e. The molecule has 106 valence electrons. The van der Waals surface area contributed by atoms with Gasteiger partial charge in [0.25, 0.3) is 0 Å². The molecule has 1 heterocycles. The van der Waals surface area contributed by atoms with Crippen LogP contribution >= 0.6 is 0 Å². The topological polar surface area (TPSA) is 58.6 Å². The molecule has 0 bridgehead atoms. The van der Waals surface area contributed by atoms with E-state index in [-0.39, 0.29) is 11.9 Å². The van der Waals surface area contributed by atoms with Gasteiger partial charge in [-0.1, -0.05) is 0 Å². The van der Waals surface area contributed by atoms with Gasteiger partial charge in [0.15, 0.2) is 0 Å². The molecule has 0 aromatic heterocycles. The Labute approximate surface area is 117 Å². The summed E-state index contributed by atoms with van der Waals surface area (Å²) in [7, 11) is 0. The molecule has 1 unspecified atom stereocenters. The molecule has 1 aliphatic carbocycles. The second-order valence-corrected chi connectivity index (χ2v) is 5.28. The van der Waals surface area contributed by atoms with Gasteiger partial charge in [0.1, 0.15) is 12.3 Å². The van der Waals surface area contributed by atoms with Gasteiger partial charge in [-0.3, -0.25) is 9.59 Å². The lowest BCUT2D eigenvalue weighted by Crippen LogP contribution is -2.54. The molecule has 0 radical (unpaired) electrons. The van der Waals surface area contributed by atoms with Crippen LogP contribution in [0.15, 0.2) is 24.3 Å². The Kier molecular flexibility index (Phi) is 3.69. The molecule has 1 aromatic rings. The highest BCUT2D eigenvalue weighted by Gasteiger charge is 2.33.